The summed E-state index contributed by atoms with van der Waals surface area (Å²) in [5.74, 6) is -0.00986. The number of ether oxygens (including phenoxy) is 1. The lowest BCUT2D eigenvalue weighted by Gasteiger charge is -2.10. The van der Waals surface area contributed by atoms with Gasteiger partial charge >= 0.3 is 0 Å². The van der Waals surface area contributed by atoms with Crippen LogP contribution in [0.5, 0.6) is 0 Å². The highest BCUT2D eigenvalue weighted by Gasteiger charge is 2.14. The predicted molar refractivity (Wildman–Crippen MR) is 64.1 cm³/mol. The van der Waals surface area contributed by atoms with E-state index in [1.54, 1.807) is 25.1 Å². The molecule has 0 aliphatic heterocycles. The van der Waals surface area contributed by atoms with Gasteiger partial charge in [-0.1, -0.05) is 34.1 Å². The standard InChI is InChI=1S/C12H13BrO2/c1-3-8-15-9(2)12(14)10-4-6-11(13)7-5-10/h3-7,9H,1,8H2,2H3. The molecule has 0 heterocycles. The van der Waals surface area contributed by atoms with Crippen molar-refractivity contribution in [2.75, 3.05) is 6.61 Å². The topological polar surface area (TPSA) is 26.3 Å². The van der Waals surface area contributed by atoms with Crippen LogP contribution < -0.4 is 0 Å². The molecule has 0 saturated heterocycles. The largest absolute Gasteiger partial charge is 0.366 e. The van der Waals surface area contributed by atoms with Crippen LogP contribution in [0.3, 0.4) is 0 Å². The van der Waals surface area contributed by atoms with Crippen molar-refractivity contribution in [1.29, 1.82) is 0 Å². The Morgan fingerprint density at radius 2 is 2.13 bits per heavy atom. The van der Waals surface area contributed by atoms with Gasteiger partial charge in [0.25, 0.3) is 0 Å². The van der Waals surface area contributed by atoms with Crippen LogP contribution in [0.25, 0.3) is 0 Å². The molecule has 2 nitrogen and oxygen atoms in total. The fraction of sp³-hybridized carbons (Fsp3) is 0.250. The summed E-state index contributed by atoms with van der Waals surface area (Å²) in [7, 11) is 0. The number of carbonyl (C=O) groups is 1. The number of carbonyl (C=O) groups excluding carboxylic acids is 1. The summed E-state index contributed by atoms with van der Waals surface area (Å²) in [6.45, 7) is 5.67. The summed E-state index contributed by atoms with van der Waals surface area (Å²) in [4.78, 5) is 11.8. The molecule has 0 N–H and O–H groups in total. The van der Waals surface area contributed by atoms with E-state index in [2.05, 4.69) is 22.5 Å². The van der Waals surface area contributed by atoms with Gasteiger partial charge in [-0.3, -0.25) is 4.79 Å². The highest BCUT2D eigenvalue weighted by Crippen LogP contribution is 2.12. The van der Waals surface area contributed by atoms with Crippen molar-refractivity contribution < 1.29 is 9.53 Å². The fourth-order valence-electron chi connectivity index (χ4n) is 1.14. The van der Waals surface area contributed by atoms with Crippen LogP contribution in [0.2, 0.25) is 0 Å². The molecule has 0 saturated carbocycles. The van der Waals surface area contributed by atoms with Crippen LogP contribution in [0, 0.1) is 0 Å². The molecule has 1 rings (SSSR count). The molecule has 0 aliphatic rings. The Balaban J connectivity index is 2.67. The van der Waals surface area contributed by atoms with Crippen LogP contribution in [0.4, 0.5) is 0 Å². The Morgan fingerprint density at radius 3 is 2.67 bits per heavy atom. The first-order valence-corrected chi connectivity index (χ1v) is 5.46. The SMILES string of the molecule is C=CCOC(C)C(=O)c1ccc(Br)cc1. The Hall–Kier alpha value is -0.930. The number of halogens is 1. The summed E-state index contributed by atoms with van der Waals surface area (Å²) in [6, 6.07) is 7.24. The molecule has 1 atom stereocenters. The summed E-state index contributed by atoms with van der Waals surface area (Å²) in [6.07, 6.45) is 1.20. The molecule has 0 bridgehead atoms. The van der Waals surface area contributed by atoms with Gasteiger partial charge in [-0.05, 0) is 19.1 Å². The van der Waals surface area contributed by atoms with Crippen molar-refractivity contribution in [3.05, 3.63) is 47.0 Å². The molecule has 1 aromatic carbocycles. The van der Waals surface area contributed by atoms with Gasteiger partial charge in [0.15, 0.2) is 5.78 Å². The third-order valence-corrected chi connectivity index (χ3v) is 2.49. The quantitative estimate of drug-likeness (QED) is 0.606. The molecule has 0 aromatic heterocycles. The van der Waals surface area contributed by atoms with E-state index in [0.29, 0.717) is 12.2 Å². The van der Waals surface area contributed by atoms with E-state index in [0.717, 1.165) is 4.47 Å². The predicted octanol–water partition coefficient (Wildman–Crippen LogP) is 3.22. The molecule has 0 aliphatic carbocycles. The van der Waals surface area contributed by atoms with Crippen LogP contribution in [0.15, 0.2) is 41.4 Å². The smallest absolute Gasteiger partial charge is 0.191 e. The van der Waals surface area contributed by atoms with Gasteiger partial charge in [0.2, 0.25) is 0 Å². The minimum atomic E-state index is -0.427. The Kier molecular flexibility index (Phi) is 4.72. The molecular formula is C12H13BrO2. The van der Waals surface area contributed by atoms with E-state index in [1.165, 1.54) is 0 Å². The van der Waals surface area contributed by atoms with E-state index in [9.17, 15) is 4.79 Å². The van der Waals surface area contributed by atoms with Crippen molar-refractivity contribution in [1.82, 2.24) is 0 Å². The van der Waals surface area contributed by atoms with Crippen molar-refractivity contribution in [3.63, 3.8) is 0 Å². The molecule has 3 heteroatoms. The maximum atomic E-state index is 11.8. The maximum absolute atomic E-state index is 11.8. The van der Waals surface area contributed by atoms with Crippen LogP contribution in [0.1, 0.15) is 17.3 Å². The average molecular weight is 269 g/mol. The van der Waals surface area contributed by atoms with E-state index >= 15 is 0 Å². The number of Topliss-reactive ketones (excluding diaryl/α,β-unsaturated/α-hetero) is 1. The second-order valence-electron chi connectivity index (χ2n) is 3.14. The normalized spacial score (nSPS) is 12.1. The minimum absolute atomic E-state index is 0.00986. The Labute approximate surface area is 98.1 Å². The van der Waals surface area contributed by atoms with Crippen LogP contribution in [-0.2, 0) is 4.74 Å². The zero-order chi connectivity index (χ0) is 11.3. The molecule has 0 fully saturated rings. The first kappa shape index (κ1) is 12.1. The molecule has 0 spiro atoms. The van der Waals surface area contributed by atoms with Gasteiger partial charge in [-0.15, -0.1) is 6.58 Å². The molecule has 0 amide bonds. The molecule has 80 valence electrons. The third kappa shape index (κ3) is 3.61. The highest BCUT2D eigenvalue weighted by atomic mass is 79.9. The van der Waals surface area contributed by atoms with Crippen LogP contribution in [-0.4, -0.2) is 18.5 Å². The monoisotopic (exact) mass is 268 g/mol. The fourth-order valence-corrected chi connectivity index (χ4v) is 1.40. The summed E-state index contributed by atoms with van der Waals surface area (Å²) in [5, 5.41) is 0. The molecule has 0 radical (unpaired) electrons. The second-order valence-corrected chi connectivity index (χ2v) is 4.05. The van der Waals surface area contributed by atoms with E-state index in [-0.39, 0.29) is 5.78 Å². The lowest BCUT2D eigenvalue weighted by molar-refractivity contribution is 0.0566. The number of rotatable bonds is 5. The van der Waals surface area contributed by atoms with Gasteiger partial charge in [0.1, 0.15) is 6.10 Å². The number of ketones is 1. The summed E-state index contributed by atoms with van der Waals surface area (Å²) >= 11 is 3.32. The number of hydrogen-bond donors (Lipinski definition) is 0. The van der Waals surface area contributed by atoms with Gasteiger partial charge < -0.3 is 4.74 Å². The van der Waals surface area contributed by atoms with Gasteiger partial charge in [0, 0.05) is 10.0 Å². The lowest BCUT2D eigenvalue weighted by atomic mass is 10.1. The Morgan fingerprint density at radius 1 is 1.53 bits per heavy atom. The van der Waals surface area contributed by atoms with Crippen molar-refractivity contribution in [2.45, 2.75) is 13.0 Å². The van der Waals surface area contributed by atoms with Gasteiger partial charge in [-0.25, -0.2) is 0 Å². The molecule has 15 heavy (non-hydrogen) atoms. The lowest BCUT2D eigenvalue weighted by Crippen LogP contribution is -2.20. The summed E-state index contributed by atoms with van der Waals surface area (Å²) in [5.41, 5.74) is 0.662. The zero-order valence-corrected chi connectivity index (χ0v) is 10.2. The maximum Gasteiger partial charge on any atom is 0.191 e. The van der Waals surface area contributed by atoms with Gasteiger partial charge in [-0.2, -0.15) is 0 Å². The first-order valence-electron chi connectivity index (χ1n) is 4.67. The minimum Gasteiger partial charge on any atom is -0.366 e. The van der Waals surface area contributed by atoms with E-state index in [1.807, 2.05) is 12.1 Å². The number of hydrogen-bond acceptors (Lipinski definition) is 2. The molecule has 1 aromatic rings. The van der Waals surface area contributed by atoms with Crippen molar-refractivity contribution in [3.8, 4) is 0 Å². The van der Waals surface area contributed by atoms with Crippen molar-refractivity contribution >= 4 is 21.7 Å². The van der Waals surface area contributed by atoms with Crippen molar-refractivity contribution in [2.24, 2.45) is 0 Å². The van der Waals surface area contributed by atoms with Gasteiger partial charge in [0.05, 0.1) is 6.61 Å². The third-order valence-electron chi connectivity index (χ3n) is 1.96. The van der Waals surface area contributed by atoms with Crippen LogP contribution >= 0.6 is 15.9 Å². The Bertz CT molecular complexity index is 343. The molecule has 1 unspecified atom stereocenters. The summed E-state index contributed by atoms with van der Waals surface area (Å²) < 4.78 is 6.22. The first-order chi connectivity index (χ1) is 7.15. The highest BCUT2D eigenvalue weighted by molar-refractivity contribution is 9.10. The molecular weight excluding hydrogens is 256 g/mol. The van der Waals surface area contributed by atoms with E-state index < -0.39 is 6.10 Å². The zero-order valence-electron chi connectivity index (χ0n) is 8.57. The second kappa shape index (κ2) is 5.83. The number of benzene rings is 1. The van der Waals surface area contributed by atoms with E-state index in [4.69, 9.17) is 4.74 Å². The average Bonchev–Trinajstić information content (AvgIpc) is 2.26.